The molecule has 0 atom stereocenters. The molecule has 0 saturated carbocycles. The number of carbonyl (C=O) groups excluding carboxylic acids is 1. The molecule has 0 aliphatic rings. The van der Waals surface area contributed by atoms with Crippen molar-refractivity contribution in [2.45, 2.75) is 25.5 Å². The van der Waals surface area contributed by atoms with Crippen LogP contribution >= 0.6 is 11.8 Å². The van der Waals surface area contributed by atoms with Gasteiger partial charge in [0.15, 0.2) is 0 Å². The molecule has 4 heteroatoms. The van der Waals surface area contributed by atoms with Crippen molar-refractivity contribution in [2.75, 3.05) is 16.8 Å². The average Bonchev–Trinajstić information content (AvgIpc) is 2.50. The van der Waals surface area contributed by atoms with Gasteiger partial charge >= 0.3 is 0 Å². The van der Waals surface area contributed by atoms with Gasteiger partial charge in [0, 0.05) is 17.1 Å². The van der Waals surface area contributed by atoms with Crippen molar-refractivity contribution in [3.05, 3.63) is 59.7 Å². The zero-order valence-corrected chi connectivity index (χ0v) is 13.8. The smallest absolute Gasteiger partial charge is 0.234 e. The minimum Gasteiger partial charge on any atom is -0.399 e. The topological polar surface area (TPSA) is 55.1 Å². The molecule has 0 heterocycles. The van der Waals surface area contributed by atoms with Crippen molar-refractivity contribution in [3.63, 3.8) is 0 Å². The lowest BCUT2D eigenvalue weighted by atomic mass is 10.0. The highest BCUT2D eigenvalue weighted by molar-refractivity contribution is 7.99. The third-order valence-corrected chi connectivity index (χ3v) is 4.35. The molecular formula is C18H22N2OS. The molecule has 116 valence electrons. The Morgan fingerprint density at radius 3 is 2.32 bits per heavy atom. The Hall–Kier alpha value is -1.94. The number of anilines is 2. The maximum Gasteiger partial charge on any atom is 0.234 e. The number of benzene rings is 2. The molecule has 0 radical (unpaired) electrons. The summed E-state index contributed by atoms with van der Waals surface area (Å²) < 4.78 is 0. The molecular weight excluding hydrogens is 292 g/mol. The van der Waals surface area contributed by atoms with E-state index in [-0.39, 0.29) is 5.91 Å². The van der Waals surface area contributed by atoms with E-state index in [4.69, 9.17) is 5.73 Å². The minimum atomic E-state index is 0.0257. The van der Waals surface area contributed by atoms with Gasteiger partial charge in [0.05, 0.1) is 5.75 Å². The maximum atomic E-state index is 11.9. The van der Waals surface area contributed by atoms with E-state index in [1.165, 1.54) is 11.1 Å². The highest BCUT2D eigenvalue weighted by Crippen LogP contribution is 2.18. The van der Waals surface area contributed by atoms with Gasteiger partial charge in [-0.3, -0.25) is 4.79 Å². The van der Waals surface area contributed by atoms with Crippen LogP contribution in [0.3, 0.4) is 0 Å². The number of thioether (sulfide) groups is 1. The van der Waals surface area contributed by atoms with Crippen LogP contribution in [0.4, 0.5) is 11.4 Å². The standard InChI is InChI=1S/C18H22N2OS/c1-13(2)15-5-9-17(10-6-15)20-18(21)12-22-11-14-3-7-16(19)8-4-14/h3-10,13H,11-12,19H2,1-2H3,(H,20,21). The monoisotopic (exact) mass is 314 g/mol. The van der Waals surface area contributed by atoms with Gasteiger partial charge < -0.3 is 11.1 Å². The Kier molecular flexibility index (Phi) is 5.90. The number of amides is 1. The fraction of sp³-hybridized carbons (Fsp3) is 0.278. The van der Waals surface area contributed by atoms with Gasteiger partial charge in [0.1, 0.15) is 0 Å². The molecule has 0 saturated heterocycles. The Balaban J connectivity index is 1.76. The van der Waals surface area contributed by atoms with E-state index >= 15 is 0 Å². The zero-order chi connectivity index (χ0) is 15.9. The van der Waals surface area contributed by atoms with Gasteiger partial charge in [-0.2, -0.15) is 0 Å². The zero-order valence-electron chi connectivity index (χ0n) is 13.0. The van der Waals surface area contributed by atoms with Crippen LogP contribution in [0.2, 0.25) is 0 Å². The molecule has 2 aromatic carbocycles. The van der Waals surface area contributed by atoms with Crippen LogP contribution in [0.1, 0.15) is 30.9 Å². The molecule has 3 N–H and O–H groups in total. The van der Waals surface area contributed by atoms with E-state index in [1.807, 2.05) is 36.4 Å². The van der Waals surface area contributed by atoms with Crippen molar-refractivity contribution < 1.29 is 4.79 Å². The number of rotatable bonds is 6. The lowest BCUT2D eigenvalue weighted by molar-refractivity contribution is -0.113. The summed E-state index contributed by atoms with van der Waals surface area (Å²) in [5.41, 5.74) is 9.71. The summed E-state index contributed by atoms with van der Waals surface area (Å²) in [6.45, 7) is 4.31. The van der Waals surface area contributed by atoms with E-state index < -0.39 is 0 Å². The Morgan fingerprint density at radius 2 is 1.73 bits per heavy atom. The third-order valence-electron chi connectivity index (χ3n) is 3.34. The number of hydrogen-bond acceptors (Lipinski definition) is 3. The highest BCUT2D eigenvalue weighted by atomic mass is 32.2. The summed E-state index contributed by atoms with van der Waals surface area (Å²) in [7, 11) is 0. The molecule has 1 amide bonds. The van der Waals surface area contributed by atoms with E-state index in [1.54, 1.807) is 11.8 Å². The van der Waals surface area contributed by atoms with Crippen molar-refractivity contribution in [1.82, 2.24) is 0 Å². The minimum absolute atomic E-state index is 0.0257. The van der Waals surface area contributed by atoms with Gasteiger partial charge in [-0.1, -0.05) is 38.1 Å². The molecule has 0 spiro atoms. The molecule has 3 nitrogen and oxygen atoms in total. The second-order valence-electron chi connectivity index (χ2n) is 5.56. The number of nitrogen functional groups attached to an aromatic ring is 1. The van der Waals surface area contributed by atoms with Crippen LogP contribution < -0.4 is 11.1 Å². The Bertz CT molecular complexity index is 606. The molecule has 0 unspecified atom stereocenters. The predicted octanol–water partition coefficient (Wildman–Crippen LogP) is 4.26. The van der Waals surface area contributed by atoms with E-state index in [2.05, 4.69) is 31.3 Å². The molecule has 0 fully saturated rings. The maximum absolute atomic E-state index is 11.9. The molecule has 0 aromatic heterocycles. The van der Waals surface area contributed by atoms with Crippen molar-refractivity contribution >= 4 is 29.0 Å². The largest absolute Gasteiger partial charge is 0.399 e. The first-order valence-corrected chi connectivity index (χ1v) is 8.52. The van der Waals surface area contributed by atoms with Gasteiger partial charge in [0.25, 0.3) is 0 Å². The van der Waals surface area contributed by atoms with Crippen LogP contribution in [0.5, 0.6) is 0 Å². The second-order valence-corrected chi connectivity index (χ2v) is 6.54. The van der Waals surface area contributed by atoms with Crippen LogP contribution in [-0.4, -0.2) is 11.7 Å². The summed E-state index contributed by atoms with van der Waals surface area (Å²) in [4.78, 5) is 11.9. The van der Waals surface area contributed by atoms with Crippen molar-refractivity contribution in [2.24, 2.45) is 0 Å². The summed E-state index contributed by atoms with van der Waals surface area (Å²) in [6.07, 6.45) is 0. The fourth-order valence-electron chi connectivity index (χ4n) is 2.02. The van der Waals surface area contributed by atoms with Gasteiger partial charge in [-0.25, -0.2) is 0 Å². The molecule has 2 rings (SSSR count). The average molecular weight is 314 g/mol. The van der Waals surface area contributed by atoms with Gasteiger partial charge in [-0.15, -0.1) is 11.8 Å². The van der Waals surface area contributed by atoms with Gasteiger partial charge in [0.2, 0.25) is 5.91 Å². The normalized spacial score (nSPS) is 10.7. The van der Waals surface area contributed by atoms with Crippen LogP contribution in [-0.2, 0) is 10.5 Å². The summed E-state index contributed by atoms with van der Waals surface area (Å²) in [5.74, 6) is 1.77. The van der Waals surface area contributed by atoms with E-state index in [0.29, 0.717) is 11.7 Å². The number of carbonyl (C=O) groups is 1. The molecule has 0 bridgehead atoms. The SMILES string of the molecule is CC(C)c1ccc(NC(=O)CSCc2ccc(N)cc2)cc1. The summed E-state index contributed by atoms with van der Waals surface area (Å²) in [6, 6.07) is 15.8. The van der Waals surface area contributed by atoms with Crippen LogP contribution in [0, 0.1) is 0 Å². The first-order valence-electron chi connectivity index (χ1n) is 7.36. The molecule has 22 heavy (non-hydrogen) atoms. The Labute approximate surface area is 136 Å². The number of hydrogen-bond donors (Lipinski definition) is 2. The summed E-state index contributed by atoms with van der Waals surface area (Å²) >= 11 is 1.59. The predicted molar refractivity (Wildman–Crippen MR) is 96.2 cm³/mol. The lowest BCUT2D eigenvalue weighted by Crippen LogP contribution is -2.14. The highest BCUT2D eigenvalue weighted by Gasteiger charge is 2.04. The first kappa shape index (κ1) is 16.4. The molecule has 0 aliphatic heterocycles. The fourth-order valence-corrected chi connectivity index (χ4v) is 2.81. The van der Waals surface area contributed by atoms with Crippen LogP contribution in [0.15, 0.2) is 48.5 Å². The lowest BCUT2D eigenvalue weighted by Gasteiger charge is -2.08. The third kappa shape index (κ3) is 5.11. The second kappa shape index (κ2) is 7.90. The van der Waals surface area contributed by atoms with Crippen molar-refractivity contribution in [1.29, 1.82) is 0 Å². The molecule has 0 aliphatic carbocycles. The van der Waals surface area contributed by atoms with Gasteiger partial charge in [-0.05, 0) is 41.3 Å². The first-order chi connectivity index (χ1) is 10.5. The van der Waals surface area contributed by atoms with Crippen LogP contribution in [0.25, 0.3) is 0 Å². The summed E-state index contributed by atoms with van der Waals surface area (Å²) in [5, 5.41) is 2.92. The van der Waals surface area contributed by atoms with Crippen molar-refractivity contribution in [3.8, 4) is 0 Å². The van der Waals surface area contributed by atoms with E-state index in [0.717, 1.165) is 17.1 Å². The number of nitrogens with two attached hydrogens (primary N) is 1. The quantitative estimate of drug-likeness (QED) is 0.783. The number of nitrogens with one attached hydrogen (secondary N) is 1. The molecule has 2 aromatic rings. The van der Waals surface area contributed by atoms with E-state index in [9.17, 15) is 4.79 Å². The Morgan fingerprint density at radius 1 is 1.09 bits per heavy atom.